The van der Waals surface area contributed by atoms with Gasteiger partial charge in [-0.2, -0.15) is 0 Å². The summed E-state index contributed by atoms with van der Waals surface area (Å²) >= 11 is 0. The molecule has 142 valence electrons. The molecule has 1 aliphatic carbocycles. The van der Waals surface area contributed by atoms with Crippen molar-refractivity contribution in [2.75, 3.05) is 28.3 Å². The molecule has 0 atom stereocenters. The normalized spacial score (nSPS) is 14.9. The van der Waals surface area contributed by atoms with Crippen LogP contribution >= 0.6 is 0 Å². The SMILES string of the molecule is COC1=C(OC)C(=O)C(Cc2ccc(C=CC(=O)N(C)C)cc2)=C(C)C1=O. The number of Topliss-reactive ketones (excluding diaryl/α,β-unsaturated/α-hetero) is 2. The van der Waals surface area contributed by atoms with E-state index in [4.69, 9.17) is 9.47 Å². The number of ether oxygens (including phenoxy) is 2. The van der Waals surface area contributed by atoms with Crippen LogP contribution in [-0.4, -0.2) is 50.7 Å². The highest BCUT2D eigenvalue weighted by Gasteiger charge is 2.34. The molecule has 2 rings (SSSR count). The van der Waals surface area contributed by atoms with Crippen LogP contribution in [0.5, 0.6) is 0 Å². The molecule has 0 heterocycles. The Labute approximate surface area is 158 Å². The van der Waals surface area contributed by atoms with E-state index in [1.807, 2.05) is 24.3 Å². The summed E-state index contributed by atoms with van der Waals surface area (Å²) in [6.07, 6.45) is 3.52. The van der Waals surface area contributed by atoms with Crippen molar-refractivity contribution in [1.82, 2.24) is 4.90 Å². The second-order valence-corrected chi connectivity index (χ2v) is 6.31. The van der Waals surface area contributed by atoms with Crippen LogP contribution in [0.25, 0.3) is 6.08 Å². The number of carbonyl (C=O) groups excluding carboxylic acids is 3. The van der Waals surface area contributed by atoms with Gasteiger partial charge in [0.1, 0.15) is 0 Å². The molecular weight excluding hydrogens is 346 g/mol. The van der Waals surface area contributed by atoms with Gasteiger partial charge < -0.3 is 14.4 Å². The number of methoxy groups -OCH3 is 2. The van der Waals surface area contributed by atoms with E-state index in [9.17, 15) is 14.4 Å². The van der Waals surface area contributed by atoms with E-state index in [0.29, 0.717) is 17.6 Å². The molecule has 0 saturated heterocycles. The third-order valence-electron chi connectivity index (χ3n) is 4.31. The molecule has 0 spiro atoms. The van der Waals surface area contributed by atoms with E-state index in [1.54, 1.807) is 27.1 Å². The first-order chi connectivity index (χ1) is 12.8. The largest absolute Gasteiger partial charge is 0.489 e. The molecule has 1 aliphatic rings. The molecule has 0 saturated carbocycles. The van der Waals surface area contributed by atoms with Crippen LogP contribution in [-0.2, 0) is 30.3 Å². The first-order valence-electron chi connectivity index (χ1n) is 8.39. The van der Waals surface area contributed by atoms with Gasteiger partial charge in [0, 0.05) is 37.7 Å². The second-order valence-electron chi connectivity index (χ2n) is 6.31. The predicted octanol–water partition coefficient (Wildman–Crippen LogP) is 2.30. The fourth-order valence-corrected chi connectivity index (χ4v) is 2.67. The number of carbonyl (C=O) groups is 3. The lowest BCUT2D eigenvalue weighted by Crippen LogP contribution is -2.25. The molecule has 1 amide bonds. The highest BCUT2D eigenvalue weighted by molar-refractivity contribution is 6.23. The van der Waals surface area contributed by atoms with Crippen molar-refractivity contribution in [2.24, 2.45) is 0 Å². The third-order valence-corrected chi connectivity index (χ3v) is 4.31. The lowest BCUT2D eigenvalue weighted by atomic mass is 9.89. The van der Waals surface area contributed by atoms with E-state index >= 15 is 0 Å². The Bertz CT molecular complexity index is 857. The number of nitrogens with zero attached hydrogens (tertiary/aromatic N) is 1. The summed E-state index contributed by atoms with van der Waals surface area (Å²) in [5, 5.41) is 0. The minimum absolute atomic E-state index is 0.0604. The molecule has 0 aromatic heterocycles. The maximum atomic E-state index is 12.7. The van der Waals surface area contributed by atoms with Crippen LogP contribution < -0.4 is 0 Å². The molecule has 0 fully saturated rings. The van der Waals surface area contributed by atoms with Gasteiger partial charge >= 0.3 is 0 Å². The Morgan fingerprint density at radius 1 is 1.00 bits per heavy atom. The monoisotopic (exact) mass is 369 g/mol. The number of hydrogen-bond acceptors (Lipinski definition) is 5. The summed E-state index contributed by atoms with van der Waals surface area (Å²) in [6, 6.07) is 7.43. The summed E-state index contributed by atoms with van der Waals surface area (Å²) in [4.78, 5) is 38.2. The number of amides is 1. The van der Waals surface area contributed by atoms with Crippen molar-refractivity contribution in [1.29, 1.82) is 0 Å². The van der Waals surface area contributed by atoms with Crippen molar-refractivity contribution in [2.45, 2.75) is 13.3 Å². The number of hydrogen-bond donors (Lipinski definition) is 0. The fraction of sp³-hybridized carbons (Fsp3) is 0.286. The number of benzene rings is 1. The zero-order valence-electron chi connectivity index (χ0n) is 16.2. The predicted molar refractivity (Wildman–Crippen MR) is 102 cm³/mol. The minimum atomic E-state index is -0.342. The summed E-state index contributed by atoms with van der Waals surface area (Å²) in [5.74, 6) is -0.906. The quantitative estimate of drug-likeness (QED) is 0.568. The second kappa shape index (κ2) is 8.49. The molecular formula is C21H23NO5. The number of allylic oxidation sites excluding steroid dienone is 2. The van der Waals surface area contributed by atoms with Crippen LogP contribution in [0, 0.1) is 0 Å². The Morgan fingerprint density at radius 2 is 1.56 bits per heavy atom. The van der Waals surface area contributed by atoms with Crippen molar-refractivity contribution in [3.63, 3.8) is 0 Å². The van der Waals surface area contributed by atoms with Gasteiger partial charge in [-0.3, -0.25) is 14.4 Å². The Balaban J connectivity index is 2.22. The maximum absolute atomic E-state index is 12.7. The number of ketones is 2. The highest BCUT2D eigenvalue weighted by atomic mass is 16.5. The zero-order chi connectivity index (χ0) is 20.1. The summed E-state index contributed by atoms with van der Waals surface area (Å²) < 4.78 is 10.1. The van der Waals surface area contributed by atoms with Gasteiger partial charge in [0.25, 0.3) is 0 Å². The molecule has 0 unspecified atom stereocenters. The Morgan fingerprint density at radius 3 is 2.07 bits per heavy atom. The van der Waals surface area contributed by atoms with E-state index in [-0.39, 0.29) is 29.0 Å². The average Bonchev–Trinajstić information content (AvgIpc) is 2.66. The topological polar surface area (TPSA) is 72.9 Å². The molecule has 1 aromatic rings. The number of likely N-dealkylation sites (N-methyl/N-ethyl adjacent to an activating group) is 1. The lowest BCUT2D eigenvalue weighted by molar-refractivity contribution is -0.123. The lowest BCUT2D eigenvalue weighted by Gasteiger charge is -2.20. The van der Waals surface area contributed by atoms with Crippen molar-refractivity contribution < 1.29 is 23.9 Å². The van der Waals surface area contributed by atoms with Gasteiger partial charge in [0.15, 0.2) is 0 Å². The van der Waals surface area contributed by atoms with Crippen molar-refractivity contribution in [3.05, 3.63) is 64.1 Å². The van der Waals surface area contributed by atoms with Crippen LogP contribution in [0.2, 0.25) is 0 Å². The number of rotatable bonds is 6. The van der Waals surface area contributed by atoms with Crippen molar-refractivity contribution in [3.8, 4) is 0 Å². The van der Waals surface area contributed by atoms with E-state index < -0.39 is 0 Å². The highest BCUT2D eigenvalue weighted by Crippen LogP contribution is 2.28. The van der Waals surface area contributed by atoms with E-state index in [2.05, 4.69) is 0 Å². The molecule has 0 bridgehead atoms. The molecule has 0 radical (unpaired) electrons. The first-order valence-corrected chi connectivity index (χ1v) is 8.39. The fourth-order valence-electron chi connectivity index (χ4n) is 2.67. The van der Waals surface area contributed by atoms with Gasteiger partial charge in [-0.25, -0.2) is 0 Å². The standard InChI is InChI=1S/C21H23NO5/c1-13-16(19(25)21(27-5)20(26-4)18(13)24)12-15-8-6-14(7-9-15)10-11-17(23)22(2)3/h6-11H,12H2,1-5H3. The minimum Gasteiger partial charge on any atom is -0.489 e. The molecule has 6 nitrogen and oxygen atoms in total. The summed E-state index contributed by atoms with van der Waals surface area (Å²) in [5.41, 5.74) is 2.49. The van der Waals surface area contributed by atoms with Gasteiger partial charge in [0.2, 0.25) is 29.0 Å². The van der Waals surface area contributed by atoms with Crippen LogP contribution in [0.1, 0.15) is 18.1 Å². The average molecular weight is 369 g/mol. The molecule has 27 heavy (non-hydrogen) atoms. The van der Waals surface area contributed by atoms with Crippen LogP contribution in [0.15, 0.2) is 53.0 Å². The Kier molecular flexibility index (Phi) is 6.34. The summed E-state index contributed by atoms with van der Waals surface area (Å²) in [7, 11) is 6.05. The summed E-state index contributed by atoms with van der Waals surface area (Å²) in [6.45, 7) is 1.62. The van der Waals surface area contributed by atoms with Gasteiger partial charge in [0.05, 0.1) is 14.2 Å². The molecule has 0 N–H and O–H groups in total. The molecule has 6 heteroatoms. The van der Waals surface area contributed by atoms with Crippen molar-refractivity contribution >= 4 is 23.5 Å². The molecule has 0 aliphatic heterocycles. The maximum Gasteiger partial charge on any atom is 0.246 e. The van der Waals surface area contributed by atoms with Crippen LogP contribution in [0.3, 0.4) is 0 Å². The zero-order valence-corrected chi connectivity index (χ0v) is 16.2. The van der Waals surface area contributed by atoms with E-state index in [0.717, 1.165) is 11.1 Å². The van der Waals surface area contributed by atoms with E-state index in [1.165, 1.54) is 25.2 Å². The van der Waals surface area contributed by atoms with Gasteiger partial charge in [-0.1, -0.05) is 24.3 Å². The third kappa shape index (κ3) is 4.34. The smallest absolute Gasteiger partial charge is 0.246 e. The molecule has 1 aromatic carbocycles. The van der Waals surface area contributed by atoms with Gasteiger partial charge in [-0.05, 0) is 24.1 Å². The van der Waals surface area contributed by atoms with Crippen LogP contribution in [0.4, 0.5) is 0 Å². The van der Waals surface area contributed by atoms with Gasteiger partial charge in [-0.15, -0.1) is 0 Å². The Hall–Kier alpha value is -3.15. The first kappa shape index (κ1) is 20.2.